The Kier molecular flexibility index (Phi) is 4.81. The number of carbonyl (C=O) groups excluding carboxylic acids is 1. The van der Waals surface area contributed by atoms with E-state index in [4.69, 9.17) is 10.2 Å². The molecule has 2 heterocycles. The van der Waals surface area contributed by atoms with E-state index in [1.165, 1.54) is 37.3 Å². The van der Waals surface area contributed by atoms with Gasteiger partial charge >= 0.3 is 0 Å². The Labute approximate surface area is 154 Å². The third kappa shape index (κ3) is 3.74. The summed E-state index contributed by atoms with van der Waals surface area (Å²) in [7, 11) is 0. The molecule has 0 unspecified atom stereocenters. The van der Waals surface area contributed by atoms with Crippen LogP contribution in [-0.2, 0) is 4.79 Å². The quantitative estimate of drug-likeness (QED) is 0.735. The SMILES string of the molecule is Cc1cc(-c2cc(N)c(=O)n([C@H](C)C(=O)Nc3ccc(F)cc3)n2)c(C)o1. The fraction of sp³-hybridized carbons (Fsp3) is 0.211. The van der Waals surface area contributed by atoms with Crippen molar-refractivity contribution in [2.75, 3.05) is 11.1 Å². The first-order chi connectivity index (χ1) is 12.8. The number of nitrogen functional groups attached to an aromatic ring is 1. The minimum absolute atomic E-state index is 0.0281. The van der Waals surface area contributed by atoms with Crippen molar-refractivity contribution in [3.05, 3.63) is 64.1 Å². The zero-order chi connectivity index (χ0) is 19.7. The van der Waals surface area contributed by atoms with Gasteiger partial charge in [0.1, 0.15) is 29.1 Å². The Bertz CT molecular complexity index is 1050. The summed E-state index contributed by atoms with van der Waals surface area (Å²) in [6.45, 7) is 5.11. The number of aryl methyl sites for hydroxylation is 2. The highest BCUT2D eigenvalue weighted by Crippen LogP contribution is 2.25. The van der Waals surface area contributed by atoms with E-state index >= 15 is 0 Å². The third-order valence-corrected chi connectivity index (χ3v) is 4.14. The molecule has 3 rings (SSSR count). The number of amides is 1. The average molecular weight is 370 g/mol. The maximum Gasteiger partial charge on any atom is 0.290 e. The molecule has 3 aromatic rings. The largest absolute Gasteiger partial charge is 0.466 e. The molecule has 140 valence electrons. The molecule has 1 amide bonds. The number of carbonyl (C=O) groups is 1. The van der Waals surface area contributed by atoms with E-state index in [2.05, 4.69) is 10.4 Å². The lowest BCUT2D eigenvalue weighted by atomic mass is 10.1. The van der Waals surface area contributed by atoms with Gasteiger partial charge in [-0.05, 0) is 57.2 Å². The Morgan fingerprint density at radius 2 is 1.93 bits per heavy atom. The van der Waals surface area contributed by atoms with Gasteiger partial charge in [-0.15, -0.1) is 0 Å². The van der Waals surface area contributed by atoms with Crippen molar-refractivity contribution >= 4 is 17.3 Å². The summed E-state index contributed by atoms with van der Waals surface area (Å²) in [6, 6.07) is 7.63. The van der Waals surface area contributed by atoms with Crippen LogP contribution in [0.3, 0.4) is 0 Å². The van der Waals surface area contributed by atoms with E-state index in [0.29, 0.717) is 28.5 Å². The fourth-order valence-corrected chi connectivity index (χ4v) is 2.70. The Hall–Kier alpha value is -3.42. The van der Waals surface area contributed by atoms with Crippen LogP contribution in [0.5, 0.6) is 0 Å². The summed E-state index contributed by atoms with van der Waals surface area (Å²) in [4.78, 5) is 24.9. The van der Waals surface area contributed by atoms with Crippen LogP contribution in [-0.4, -0.2) is 15.7 Å². The Balaban J connectivity index is 1.95. The van der Waals surface area contributed by atoms with Crippen LogP contribution in [0.4, 0.5) is 15.8 Å². The number of hydrogen-bond acceptors (Lipinski definition) is 5. The molecule has 7 nitrogen and oxygen atoms in total. The third-order valence-electron chi connectivity index (χ3n) is 4.14. The highest BCUT2D eigenvalue weighted by Gasteiger charge is 2.21. The normalized spacial score (nSPS) is 12.0. The molecule has 0 fully saturated rings. The van der Waals surface area contributed by atoms with Crippen LogP contribution < -0.4 is 16.6 Å². The summed E-state index contributed by atoms with van der Waals surface area (Å²) in [5.74, 6) is 0.439. The molecule has 0 bridgehead atoms. The van der Waals surface area contributed by atoms with Crippen LogP contribution in [0, 0.1) is 19.7 Å². The lowest BCUT2D eigenvalue weighted by molar-refractivity contribution is -0.119. The van der Waals surface area contributed by atoms with Gasteiger partial charge in [-0.2, -0.15) is 5.10 Å². The summed E-state index contributed by atoms with van der Waals surface area (Å²) in [6.07, 6.45) is 0. The van der Waals surface area contributed by atoms with Crippen LogP contribution in [0.15, 0.2) is 45.6 Å². The van der Waals surface area contributed by atoms with Gasteiger partial charge in [-0.3, -0.25) is 9.59 Å². The molecule has 1 atom stereocenters. The van der Waals surface area contributed by atoms with Gasteiger partial charge in [-0.25, -0.2) is 9.07 Å². The molecule has 0 spiro atoms. The van der Waals surface area contributed by atoms with E-state index in [1.807, 2.05) is 0 Å². The number of halogens is 1. The minimum atomic E-state index is -0.932. The van der Waals surface area contributed by atoms with E-state index < -0.39 is 23.3 Å². The van der Waals surface area contributed by atoms with Crippen LogP contribution >= 0.6 is 0 Å². The lowest BCUT2D eigenvalue weighted by Crippen LogP contribution is -2.34. The molecule has 8 heteroatoms. The molecule has 1 aromatic carbocycles. The molecule has 0 aliphatic carbocycles. The van der Waals surface area contributed by atoms with Gasteiger partial charge in [0.05, 0.1) is 5.69 Å². The second-order valence-electron chi connectivity index (χ2n) is 6.23. The van der Waals surface area contributed by atoms with Crippen molar-refractivity contribution in [1.82, 2.24) is 9.78 Å². The minimum Gasteiger partial charge on any atom is -0.466 e. The smallest absolute Gasteiger partial charge is 0.290 e. The van der Waals surface area contributed by atoms with Crippen molar-refractivity contribution in [2.45, 2.75) is 26.8 Å². The predicted octanol–water partition coefficient (Wildman–Crippen LogP) is 3.04. The van der Waals surface area contributed by atoms with Crippen LogP contribution in [0.2, 0.25) is 0 Å². The summed E-state index contributed by atoms with van der Waals surface area (Å²) < 4.78 is 19.5. The van der Waals surface area contributed by atoms with Gasteiger partial charge in [0, 0.05) is 11.3 Å². The maximum absolute atomic E-state index is 13.0. The van der Waals surface area contributed by atoms with Gasteiger partial charge in [0.15, 0.2) is 0 Å². The van der Waals surface area contributed by atoms with Crippen molar-refractivity contribution in [2.24, 2.45) is 0 Å². The molecule has 0 saturated carbocycles. The van der Waals surface area contributed by atoms with Gasteiger partial charge in [0.25, 0.3) is 5.56 Å². The van der Waals surface area contributed by atoms with Crippen LogP contribution in [0.25, 0.3) is 11.3 Å². The number of rotatable bonds is 4. The number of aromatic nitrogens is 2. The molecule has 2 aromatic heterocycles. The number of furan rings is 1. The van der Waals surface area contributed by atoms with Crippen molar-refractivity contribution in [1.29, 1.82) is 0 Å². The van der Waals surface area contributed by atoms with Gasteiger partial charge in [-0.1, -0.05) is 0 Å². The number of anilines is 2. The van der Waals surface area contributed by atoms with E-state index in [1.54, 1.807) is 19.9 Å². The molecule has 0 aliphatic heterocycles. The maximum atomic E-state index is 13.0. The number of benzene rings is 1. The number of nitrogens with zero attached hydrogens (tertiary/aromatic N) is 2. The number of nitrogens with one attached hydrogen (secondary N) is 1. The molecular formula is C19H19FN4O3. The molecule has 27 heavy (non-hydrogen) atoms. The molecule has 0 aliphatic rings. The van der Waals surface area contributed by atoms with Crippen LogP contribution in [0.1, 0.15) is 24.5 Å². The highest BCUT2D eigenvalue weighted by molar-refractivity contribution is 5.93. The van der Waals surface area contributed by atoms with Crippen molar-refractivity contribution in [3.8, 4) is 11.3 Å². The summed E-state index contributed by atoms with van der Waals surface area (Å²) >= 11 is 0. The Morgan fingerprint density at radius 3 is 2.52 bits per heavy atom. The fourth-order valence-electron chi connectivity index (χ4n) is 2.70. The van der Waals surface area contributed by atoms with Crippen molar-refractivity contribution in [3.63, 3.8) is 0 Å². The first kappa shape index (κ1) is 18.4. The van der Waals surface area contributed by atoms with Gasteiger partial charge < -0.3 is 15.5 Å². The zero-order valence-corrected chi connectivity index (χ0v) is 15.1. The lowest BCUT2D eigenvalue weighted by Gasteiger charge is -2.15. The topological polar surface area (TPSA) is 103 Å². The summed E-state index contributed by atoms with van der Waals surface area (Å²) in [5.41, 5.74) is 6.78. The first-order valence-electron chi connectivity index (χ1n) is 8.29. The zero-order valence-electron chi connectivity index (χ0n) is 15.1. The van der Waals surface area contributed by atoms with Crippen molar-refractivity contribution < 1.29 is 13.6 Å². The van der Waals surface area contributed by atoms with Gasteiger partial charge in [0.2, 0.25) is 5.91 Å². The first-order valence-corrected chi connectivity index (χ1v) is 8.29. The molecule has 3 N–H and O–H groups in total. The summed E-state index contributed by atoms with van der Waals surface area (Å²) in [5, 5.41) is 6.92. The molecule has 0 saturated heterocycles. The van der Waals surface area contributed by atoms with E-state index in [9.17, 15) is 14.0 Å². The highest BCUT2D eigenvalue weighted by atomic mass is 19.1. The molecule has 0 radical (unpaired) electrons. The second kappa shape index (κ2) is 7.06. The monoisotopic (exact) mass is 370 g/mol. The van der Waals surface area contributed by atoms with E-state index in [0.717, 1.165) is 4.68 Å². The number of nitrogens with two attached hydrogens (primary N) is 1. The predicted molar refractivity (Wildman–Crippen MR) is 99.8 cm³/mol. The second-order valence-corrected chi connectivity index (χ2v) is 6.23. The standard InChI is InChI=1S/C19H19FN4O3/c1-10-8-15(12(3)27-10)17-9-16(21)19(26)24(23-17)11(2)18(25)22-14-6-4-13(20)5-7-14/h4-9,11H,21H2,1-3H3,(H,22,25)/t11-/m1/s1. The number of hydrogen-bond donors (Lipinski definition) is 2. The molecular weight excluding hydrogens is 351 g/mol. The average Bonchev–Trinajstić information content (AvgIpc) is 2.97. The Morgan fingerprint density at radius 1 is 1.26 bits per heavy atom. The van der Waals surface area contributed by atoms with E-state index in [-0.39, 0.29) is 5.69 Å².